The standard InChI is InChI=1S/C22H23N7O/c23-9-5-15-1-3-16(4-2-15)13-18(30)29-12-11-28(14-22(29)7-8-22)20-17-6-10-25-19(17)26-21(24)27-20/h1-4,6,10H,5,7-8,11-14H2,(H3,24,25,26,27). The fourth-order valence-electron chi connectivity index (χ4n) is 4.44. The van der Waals surface area contributed by atoms with Crippen molar-refractivity contribution in [2.75, 3.05) is 30.3 Å². The lowest BCUT2D eigenvalue weighted by atomic mass is 10.0. The summed E-state index contributed by atoms with van der Waals surface area (Å²) in [5.41, 5.74) is 8.49. The molecule has 1 aromatic carbocycles. The van der Waals surface area contributed by atoms with Gasteiger partial charge in [-0.15, -0.1) is 0 Å². The van der Waals surface area contributed by atoms with Gasteiger partial charge in [0.25, 0.3) is 0 Å². The smallest absolute Gasteiger partial charge is 0.227 e. The highest BCUT2D eigenvalue weighted by Gasteiger charge is 2.53. The molecular formula is C22H23N7O. The van der Waals surface area contributed by atoms with Crippen LogP contribution < -0.4 is 10.6 Å². The number of hydrogen-bond donors (Lipinski definition) is 2. The van der Waals surface area contributed by atoms with Crippen LogP contribution >= 0.6 is 0 Å². The van der Waals surface area contributed by atoms with Gasteiger partial charge in [0.2, 0.25) is 11.9 Å². The summed E-state index contributed by atoms with van der Waals surface area (Å²) in [7, 11) is 0. The molecule has 1 aliphatic carbocycles. The van der Waals surface area contributed by atoms with E-state index in [1.165, 1.54) is 0 Å². The SMILES string of the molecule is N#CCc1ccc(CC(=O)N2CCN(c3nc(N)nc4[nH]ccc34)CC23CC3)cc1. The van der Waals surface area contributed by atoms with E-state index in [1.54, 1.807) is 0 Å². The van der Waals surface area contributed by atoms with Gasteiger partial charge in [-0.25, -0.2) is 0 Å². The fraction of sp³-hybridized carbons (Fsp3) is 0.364. The zero-order chi connectivity index (χ0) is 20.7. The van der Waals surface area contributed by atoms with E-state index in [-0.39, 0.29) is 17.4 Å². The lowest BCUT2D eigenvalue weighted by Gasteiger charge is -2.43. The highest BCUT2D eigenvalue weighted by molar-refractivity contribution is 5.89. The molecule has 3 heterocycles. The third kappa shape index (κ3) is 3.22. The lowest BCUT2D eigenvalue weighted by Crippen LogP contribution is -2.57. The molecule has 1 aliphatic heterocycles. The first kappa shape index (κ1) is 18.4. The molecule has 1 spiro atoms. The van der Waals surface area contributed by atoms with E-state index >= 15 is 0 Å². The molecule has 0 unspecified atom stereocenters. The number of carbonyl (C=O) groups excluding carboxylic acids is 1. The molecule has 1 saturated heterocycles. The number of aromatic nitrogens is 3. The minimum Gasteiger partial charge on any atom is -0.368 e. The first-order valence-corrected chi connectivity index (χ1v) is 10.2. The molecule has 2 aliphatic rings. The van der Waals surface area contributed by atoms with Crippen molar-refractivity contribution in [1.82, 2.24) is 19.9 Å². The molecule has 0 bridgehead atoms. The summed E-state index contributed by atoms with van der Waals surface area (Å²) in [5.74, 6) is 1.25. The summed E-state index contributed by atoms with van der Waals surface area (Å²) in [5, 5.41) is 9.76. The van der Waals surface area contributed by atoms with Gasteiger partial charge in [0.15, 0.2) is 0 Å². The van der Waals surface area contributed by atoms with Crippen LogP contribution in [0.1, 0.15) is 24.0 Å². The molecule has 30 heavy (non-hydrogen) atoms. The van der Waals surface area contributed by atoms with Crippen LogP contribution in [-0.4, -0.2) is 50.9 Å². The molecule has 1 saturated carbocycles. The number of nitrogen functional groups attached to an aromatic ring is 1. The van der Waals surface area contributed by atoms with Gasteiger partial charge in [-0.05, 0) is 30.0 Å². The first-order valence-electron chi connectivity index (χ1n) is 10.2. The molecule has 1 amide bonds. The number of benzene rings is 1. The molecule has 2 aromatic heterocycles. The van der Waals surface area contributed by atoms with Crippen molar-refractivity contribution in [3.8, 4) is 6.07 Å². The van der Waals surface area contributed by atoms with E-state index in [4.69, 9.17) is 11.0 Å². The van der Waals surface area contributed by atoms with Crippen molar-refractivity contribution >= 4 is 28.7 Å². The number of nitrogens with one attached hydrogen (secondary N) is 1. The van der Waals surface area contributed by atoms with Crippen LogP contribution in [0, 0.1) is 11.3 Å². The number of fused-ring (bicyclic) bond motifs is 1. The molecule has 0 radical (unpaired) electrons. The number of aromatic amines is 1. The van der Waals surface area contributed by atoms with Crippen molar-refractivity contribution < 1.29 is 4.79 Å². The Hall–Kier alpha value is -3.60. The molecule has 5 rings (SSSR count). The predicted octanol–water partition coefficient (Wildman–Crippen LogP) is 2.03. The van der Waals surface area contributed by atoms with Gasteiger partial charge >= 0.3 is 0 Å². The Labute approximate surface area is 174 Å². The van der Waals surface area contributed by atoms with Gasteiger partial charge < -0.3 is 20.5 Å². The van der Waals surface area contributed by atoms with Crippen LogP contribution in [0.25, 0.3) is 11.0 Å². The van der Waals surface area contributed by atoms with Crippen LogP contribution in [0.4, 0.5) is 11.8 Å². The zero-order valence-corrected chi connectivity index (χ0v) is 16.6. The maximum Gasteiger partial charge on any atom is 0.227 e. The lowest BCUT2D eigenvalue weighted by molar-refractivity contribution is -0.134. The van der Waals surface area contributed by atoms with E-state index in [0.717, 1.165) is 47.4 Å². The predicted molar refractivity (Wildman–Crippen MR) is 114 cm³/mol. The number of nitriles is 1. The average molecular weight is 401 g/mol. The monoisotopic (exact) mass is 401 g/mol. The van der Waals surface area contributed by atoms with Gasteiger partial charge in [0, 0.05) is 25.8 Å². The minimum atomic E-state index is -0.113. The number of hydrogen-bond acceptors (Lipinski definition) is 6. The highest BCUT2D eigenvalue weighted by Crippen LogP contribution is 2.45. The minimum absolute atomic E-state index is 0.113. The van der Waals surface area contributed by atoms with E-state index < -0.39 is 0 Å². The number of rotatable bonds is 4. The van der Waals surface area contributed by atoms with E-state index in [0.29, 0.717) is 25.9 Å². The molecule has 3 N–H and O–H groups in total. The molecular weight excluding hydrogens is 378 g/mol. The largest absolute Gasteiger partial charge is 0.368 e. The number of nitrogens with zero attached hydrogens (tertiary/aromatic N) is 5. The second kappa shape index (κ2) is 7.02. The van der Waals surface area contributed by atoms with Gasteiger partial charge in [-0.2, -0.15) is 15.2 Å². The Morgan fingerprint density at radius 2 is 1.93 bits per heavy atom. The third-order valence-electron chi connectivity index (χ3n) is 6.15. The zero-order valence-electron chi connectivity index (χ0n) is 16.6. The van der Waals surface area contributed by atoms with E-state index in [9.17, 15) is 4.79 Å². The van der Waals surface area contributed by atoms with Crippen LogP contribution in [0.3, 0.4) is 0 Å². The van der Waals surface area contributed by atoms with Crippen molar-refractivity contribution in [2.24, 2.45) is 0 Å². The number of amides is 1. The van der Waals surface area contributed by atoms with Crippen molar-refractivity contribution in [3.63, 3.8) is 0 Å². The van der Waals surface area contributed by atoms with Gasteiger partial charge in [-0.3, -0.25) is 4.79 Å². The number of H-pyrrole nitrogens is 1. The summed E-state index contributed by atoms with van der Waals surface area (Å²) < 4.78 is 0. The summed E-state index contributed by atoms with van der Waals surface area (Å²) in [6.45, 7) is 2.14. The average Bonchev–Trinajstić information content (AvgIpc) is 3.32. The highest BCUT2D eigenvalue weighted by atomic mass is 16.2. The molecule has 0 atom stereocenters. The summed E-state index contributed by atoms with van der Waals surface area (Å²) >= 11 is 0. The van der Waals surface area contributed by atoms with E-state index in [2.05, 4.69) is 30.8 Å². The van der Waals surface area contributed by atoms with Gasteiger partial charge in [0.05, 0.1) is 29.8 Å². The van der Waals surface area contributed by atoms with Crippen molar-refractivity contribution in [2.45, 2.75) is 31.2 Å². The molecule has 8 nitrogen and oxygen atoms in total. The molecule has 152 valence electrons. The normalized spacial score (nSPS) is 17.3. The van der Waals surface area contributed by atoms with Crippen molar-refractivity contribution in [1.29, 1.82) is 5.26 Å². The second-order valence-electron chi connectivity index (χ2n) is 8.16. The van der Waals surface area contributed by atoms with Gasteiger partial charge in [0.1, 0.15) is 11.5 Å². The number of piperazine rings is 1. The number of carbonyl (C=O) groups is 1. The summed E-state index contributed by atoms with van der Waals surface area (Å²) in [4.78, 5) is 29.3. The number of anilines is 2. The maximum atomic E-state index is 13.1. The van der Waals surface area contributed by atoms with Crippen molar-refractivity contribution in [3.05, 3.63) is 47.7 Å². The number of nitrogens with two attached hydrogens (primary N) is 1. The van der Waals surface area contributed by atoms with Crippen LogP contribution in [0.2, 0.25) is 0 Å². The Bertz CT molecular complexity index is 1140. The quantitative estimate of drug-likeness (QED) is 0.691. The third-order valence-corrected chi connectivity index (χ3v) is 6.15. The van der Waals surface area contributed by atoms with Crippen LogP contribution in [0.15, 0.2) is 36.5 Å². The van der Waals surface area contributed by atoms with Crippen LogP contribution in [-0.2, 0) is 17.6 Å². The Morgan fingerprint density at radius 3 is 2.67 bits per heavy atom. The van der Waals surface area contributed by atoms with Crippen LogP contribution in [0.5, 0.6) is 0 Å². The molecule has 2 fully saturated rings. The van der Waals surface area contributed by atoms with Gasteiger partial charge in [-0.1, -0.05) is 24.3 Å². The Morgan fingerprint density at radius 1 is 1.17 bits per heavy atom. The first-order chi connectivity index (χ1) is 14.6. The molecule has 8 heteroatoms. The summed E-state index contributed by atoms with van der Waals surface area (Å²) in [6.07, 6.45) is 4.63. The second-order valence-corrected chi connectivity index (χ2v) is 8.16. The molecule has 3 aromatic rings. The Kier molecular flexibility index (Phi) is 4.31. The maximum absolute atomic E-state index is 13.1. The fourth-order valence-corrected chi connectivity index (χ4v) is 4.44. The topological polar surface area (TPSA) is 115 Å². The van der Waals surface area contributed by atoms with E-state index in [1.807, 2.05) is 36.5 Å². The Balaban J connectivity index is 1.32. The summed E-state index contributed by atoms with van der Waals surface area (Å²) in [6, 6.07) is 11.9.